The normalized spacial score (nSPS) is 13.3. The third-order valence-corrected chi connectivity index (χ3v) is 2.66. The summed E-state index contributed by atoms with van der Waals surface area (Å²) in [7, 11) is 1.42. The van der Waals surface area contributed by atoms with Crippen LogP contribution in [0.4, 0.5) is 4.39 Å². The Bertz CT molecular complexity index is 488. The number of carbonyl (C=O) groups is 2. The number of benzene rings is 1. The van der Waals surface area contributed by atoms with Crippen LogP contribution in [0.1, 0.15) is 12.5 Å². The van der Waals surface area contributed by atoms with Gasteiger partial charge in [0.2, 0.25) is 0 Å². The van der Waals surface area contributed by atoms with Gasteiger partial charge in [0.25, 0.3) is 0 Å². The van der Waals surface area contributed by atoms with E-state index in [-0.39, 0.29) is 25.5 Å². The molecule has 0 saturated carbocycles. The molecule has 0 bridgehead atoms. The van der Waals surface area contributed by atoms with Crippen molar-refractivity contribution in [2.45, 2.75) is 19.1 Å². The van der Waals surface area contributed by atoms with Crippen LogP contribution in [0.15, 0.2) is 24.3 Å². The molecule has 21 heavy (non-hydrogen) atoms. The van der Waals surface area contributed by atoms with Gasteiger partial charge in [-0.1, -0.05) is 12.1 Å². The van der Waals surface area contributed by atoms with Crippen LogP contribution >= 0.6 is 0 Å². The lowest BCUT2D eigenvalue weighted by atomic mass is 10.1. The third-order valence-electron chi connectivity index (χ3n) is 2.66. The van der Waals surface area contributed by atoms with E-state index in [1.54, 1.807) is 0 Å². The minimum atomic E-state index is -1.25. The van der Waals surface area contributed by atoms with E-state index in [0.29, 0.717) is 5.56 Å². The Morgan fingerprint density at radius 3 is 2.38 bits per heavy atom. The fourth-order valence-electron chi connectivity index (χ4n) is 1.58. The van der Waals surface area contributed by atoms with Crippen molar-refractivity contribution in [1.29, 1.82) is 0 Å². The molecule has 3 N–H and O–H groups in total. The predicted octanol–water partition coefficient (Wildman–Crippen LogP) is -0.0445. The molecule has 0 fully saturated rings. The second-order valence-corrected chi connectivity index (χ2v) is 4.92. The van der Waals surface area contributed by atoms with E-state index in [1.807, 2.05) is 0 Å². The largest absolute Gasteiger partial charge is 0.386 e. The highest BCUT2D eigenvalue weighted by molar-refractivity contribution is 6.35. The number of aliphatic hydroxyl groups is 1. The maximum atomic E-state index is 12.7. The molecule has 0 aliphatic carbocycles. The van der Waals surface area contributed by atoms with Crippen LogP contribution in [0.2, 0.25) is 0 Å². The van der Waals surface area contributed by atoms with E-state index >= 15 is 0 Å². The number of ether oxygens (including phenoxy) is 1. The van der Waals surface area contributed by atoms with Gasteiger partial charge in [-0.2, -0.15) is 0 Å². The number of halogens is 1. The molecule has 0 unspecified atom stereocenters. The molecule has 0 heterocycles. The van der Waals surface area contributed by atoms with Gasteiger partial charge in [0.1, 0.15) is 11.4 Å². The summed E-state index contributed by atoms with van der Waals surface area (Å²) in [5.41, 5.74) is -0.578. The second kappa shape index (κ2) is 7.70. The van der Waals surface area contributed by atoms with E-state index in [9.17, 15) is 19.1 Å². The molecule has 0 spiro atoms. The van der Waals surface area contributed by atoms with Crippen molar-refractivity contribution in [3.63, 3.8) is 0 Å². The summed E-state index contributed by atoms with van der Waals surface area (Å²) >= 11 is 0. The van der Waals surface area contributed by atoms with E-state index in [1.165, 1.54) is 38.3 Å². The van der Waals surface area contributed by atoms with Crippen LogP contribution in [0.25, 0.3) is 0 Å². The average molecular weight is 298 g/mol. The Morgan fingerprint density at radius 2 is 1.81 bits per heavy atom. The van der Waals surface area contributed by atoms with Gasteiger partial charge in [0.05, 0.1) is 6.61 Å². The van der Waals surface area contributed by atoms with Gasteiger partial charge in [-0.25, -0.2) is 4.39 Å². The standard InChI is InChI=1S/C14H19FN2O4/c1-14(20,9-21-2)8-17-13(19)12(18)16-7-10-3-5-11(15)6-4-10/h3-6,20H,7-9H2,1-2H3,(H,16,18)(H,17,19)/t14-/m1/s1. The van der Waals surface area contributed by atoms with Crippen molar-refractivity contribution < 1.29 is 23.8 Å². The lowest BCUT2D eigenvalue weighted by molar-refractivity contribution is -0.140. The van der Waals surface area contributed by atoms with Gasteiger partial charge >= 0.3 is 11.8 Å². The van der Waals surface area contributed by atoms with Crippen molar-refractivity contribution in [1.82, 2.24) is 10.6 Å². The fourth-order valence-corrected chi connectivity index (χ4v) is 1.58. The highest BCUT2D eigenvalue weighted by Crippen LogP contribution is 2.02. The van der Waals surface area contributed by atoms with Gasteiger partial charge in [-0.3, -0.25) is 9.59 Å². The first-order valence-corrected chi connectivity index (χ1v) is 6.36. The van der Waals surface area contributed by atoms with Gasteiger partial charge in [-0.15, -0.1) is 0 Å². The molecular weight excluding hydrogens is 279 g/mol. The van der Waals surface area contributed by atoms with E-state index in [0.717, 1.165) is 0 Å². The molecule has 2 amide bonds. The van der Waals surface area contributed by atoms with Gasteiger partial charge in [0.15, 0.2) is 0 Å². The van der Waals surface area contributed by atoms with Crippen LogP contribution in [-0.4, -0.2) is 42.8 Å². The number of hydrogen-bond donors (Lipinski definition) is 3. The van der Waals surface area contributed by atoms with Crippen molar-refractivity contribution in [2.75, 3.05) is 20.3 Å². The van der Waals surface area contributed by atoms with Gasteiger partial charge in [-0.05, 0) is 24.6 Å². The summed E-state index contributed by atoms with van der Waals surface area (Å²) in [6.45, 7) is 1.52. The molecule has 6 nitrogen and oxygen atoms in total. The quantitative estimate of drug-likeness (QED) is 0.643. The lowest BCUT2D eigenvalue weighted by Gasteiger charge is -2.22. The number of nitrogens with one attached hydrogen (secondary N) is 2. The topological polar surface area (TPSA) is 87.7 Å². The minimum Gasteiger partial charge on any atom is -0.386 e. The molecule has 116 valence electrons. The van der Waals surface area contributed by atoms with Crippen molar-refractivity contribution in [3.8, 4) is 0 Å². The van der Waals surface area contributed by atoms with Crippen LogP contribution < -0.4 is 10.6 Å². The first-order chi connectivity index (χ1) is 9.84. The number of amides is 2. The predicted molar refractivity (Wildman–Crippen MR) is 73.8 cm³/mol. The maximum Gasteiger partial charge on any atom is 0.309 e. The van der Waals surface area contributed by atoms with Crippen molar-refractivity contribution in [3.05, 3.63) is 35.6 Å². The first kappa shape index (κ1) is 17.1. The fraction of sp³-hybridized carbons (Fsp3) is 0.429. The van der Waals surface area contributed by atoms with Crippen LogP contribution in [0.3, 0.4) is 0 Å². The van der Waals surface area contributed by atoms with Crippen LogP contribution in [0, 0.1) is 5.82 Å². The Labute approximate surface area is 122 Å². The average Bonchev–Trinajstić information content (AvgIpc) is 2.44. The zero-order chi connectivity index (χ0) is 15.9. The van der Waals surface area contributed by atoms with Crippen LogP contribution in [-0.2, 0) is 20.9 Å². The summed E-state index contributed by atoms with van der Waals surface area (Å²) in [5, 5.41) is 14.5. The molecule has 0 aromatic heterocycles. The Balaban J connectivity index is 2.37. The zero-order valence-corrected chi connectivity index (χ0v) is 12.0. The van der Waals surface area contributed by atoms with E-state index < -0.39 is 17.4 Å². The van der Waals surface area contributed by atoms with Crippen LogP contribution in [0.5, 0.6) is 0 Å². The zero-order valence-electron chi connectivity index (χ0n) is 12.0. The molecule has 0 aliphatic rings. The minimum absolute atomic E-state index is 0.0322. The highest BCUT2D eigenvalue weighted by Gasteiger charge is 2.23. The molecular formula is C14H19FN2O4. The van der Waals surface area contributed by atoms with Crippen molar-refractivity contribution in [2.24, 2.45) is 0 Å². The molecule has 7 heteroatoms. The summed E-state index contributed by atoms with van der Waals surface area (Å²) in [4.78, 5) is 23.1. The molecule has 0 saturated heterocycles. The third kappa shape index (κ3) is 6.33. The summed E-state index contributed by atoms with van der Waals surface area (Å²) in [6, 6.07) is 5.56. The van der Waals surface area contributed by atoms with E-state index in [4.69, 9.17) is 4.74 Å². The lowest BCUT2D eigenvalue weighted by Crippen LogP contribution is -2.48. The molecule has 0 aliphatic heterocycles. The molecule has 1 rings (SSSR count). The molecule has 0 radical (unpaired) electrons. The Hall–Kier alpha value is -1.99. The smallest absolute Gasteiger partial charge is 0.309 e. The summed E-state index contributed by atoms with van der Waals surface area (Å²) in [6.07, 6.45) is 0. The van der Waals surface area contributed by atoms with Gasteiger partial charge < -0.3 is 20.5 Å². The Morgan fingerprint density at radius 1 is 1.24 bits per heavy atom. The SMILES string of the molecule is COC[C@](C)(O)CNC(=O)C(=O)NCc1ccc(F)cc1. The number of carbonyl (C=O) groups excluding carboxylic acids is 2. The summed E-state index contributed by atoms with van der Waals surface area (Å²) in [5.74, 6) is -2.05. The number of rotatable bonds is 6. The summed E-state index contributed by atoms with van der Waals surface area (Å²) < 4.78 is 17.5. The van der Waals surface area contributed by atoms with Crippen molar-refractivity contribution >= 4 is 11.8 Å². The second-order valence-electron chi connectivity index (χ2n) is 4.92. The molecule has 1 aromatic rings. The maximum absolute atomic E-state index is 12.7. The van der Waals surface area contributed by atoms with E-state index in [2.05, 4.69) is 10.6 Å². The number of hydrogen-bond acceptors (Lipinski definition) is 4. The Kier molecular flexibility index (Phi) is 6.26. The highest BCUT2D eigenvalue weighted by atomic mass is 19.1. The monoisotopic (exact) mass is 298 g/mol. The first-order valence-electron chi connectivity index (χ1n) is 6.36. The number of methoxy groups -OCH3 is 1. The van der Waals surface area contributed by atoms with Gasteiger partial charge in [0, 0.05) is 20.2 Å². The molecule has 1 aromatic carbocycles. The molecule has 1 atom stereocenters.